The van der Waals surface area contributed by atoms with Gasteiger partial charge in [-0.15, -0.1) is 0 Å². The maximum atomic E-state index is 13.1. The molecule has 3 aromatic carbocycles. The molecule has 0 spiro atoms. The zero-order valence-electron chi connectivity index (χ0n) is 22.4. The number of ether oxygens (including phenoxy) is 2. The average molecular weight is 548 g/mol. The van der Waals surface area contributed by atoms with Crippen LogP contribution in [0.1, 0.15) is 44.1 Å². The molecule has 0 aromatic heterocycles. The quantitative estimate of drug-likeness (QED) is 0.155. The largest absolute Gasteiger partial charge is 0.469 e. The van der Waals surface area contributed by atoms with Crippen LogP contribution in [0.2, 0.25) is 0 Å². The summed E-state index contributed by atoms with van der Waals surface area (Å²) >= 11 is 0. The van der Waals surface area contributed by atoms with Crippen molar-refractivity contribution in [3.05, 3.63) is 103 Å². The lowest BCUT2D eigenvalue weighted by Crippen LogP contribution is -2.39. The number of carbonyl (C=O) groups is 1. The van der Waals surface area contributed by atoms with Crippen molar-refractivity contribution in [2.45, 2.75) is 62.2 Å². The number of benzene rings is 3. The molecule has 0 heterocycles. The molecule has 0 saturated heterocycles. The molecule has 0 unspecified atom stereocenters. The monoisotopic (exact) mass is 547 g/mol. The van der Waals surface area contributed by atoms with Gasteiger partial charge in [-0.25, -0.2) is 13.1 Å². The number of hydrogen-bond acceptors (Lipinski definition) is 5. The zero-order valence-corrected chi connectivity index (χ0v) is 23.2. The fourth-order valence-corrected chi connectivity index (χ4v) is 6.37. The lowest BCUT2D eigenvalue weighted by Gasteiger charge is -2.25. The van der Waals surface area contributed by atoms with Crippen molar-refractivity contribution in [1.82, 2.24) is 4.72 Å². The van der Waals surface area contributed by atoms with Gasteiger partial charge in [0.1, 0.15) is 0 Å². The smallest absolute Gasteiger partial charge is 0.305 e. The van der Waals surface area contributed by atoms with Crippen LogP contribution in [0.15, 0.2) is 102 Å². The van der Waals surface area contributed by atoms with Gasteiger partial charge in [-0.2, -0.15) is 0 Å². The molecule has 0 aliphatic heterocycles. The van der Waals surface area contributed by atoms with E-state index < -0.39 is 10.0 Å². The minimum atomic E-state index is -3.63. The highest BCUT2D eigenvalue weighted by molar-refractivity contribution is 7.89. The van der Waals surface area contributed by atoms with Crippen LogP contribution in [0.25, 0.3) is 11.1 Å². The van der Waals surface area contributed by atoms with Crippen LogP contribution in [-0.2, 0) is 30.9 Å². The number of methoxy groups -OCH3 is 1. The first kappa shape index (κ1) is 28.7. The first-order valence-corrected chi connectivity index (χ1v) is 15.0. The molecule has 1 fully saturated rings. The standard InChI is InChI=1S/C32H37NO5S/c1-37-32(34)17-11-3-2-10-16-29-30(33-39(35,36)28-14-8-5-9-15-28)22-23-31(29)38-24-25-18-20-27(21-19-25)26-12-6-4-7-13-26/h2,4-10,12-15,18-21,29-31,33H,3,11,16-17,22-24H2,1H3/t29-,30+,31+/m1/s1. The Kier molecular flexibility index (Phi) is 10.5. The van der Waals surface area contributed by atoms with Crippen molar-refractivity contribution in [3.8, 4) is 11.1 Å². The third-order valence-corrected chi connectivity index (χ3v) is 8.70. The van der Waals surface area contributed by atoms with E-state index in [9.17, 15) is 13.2 Å². The predicted molar refractivity (Wildman–Crippen MR) is 153 cm³/mol. The highest BCUT2D eigenvalue weighted by Gasteiger charge is 2.38. The van der Waals surface area contributed by atoms with Crippen molar-refractivity contribution >= 4 is 16.0 Å². The van der Waals surface area contributed by atoms with Crippen LogP contribution >= 0.6 is 0 Å². The van der Waals surface area contributed by atoms with Crippen molar-refractivity contribution in [2.75, 3.05) is 7.11 Å². The first-order chi connectivity index (χ1) is 19.0. The van der Waals surface area contributed by atoms with Crippen LogP contribution in [0.4, 0.5) is 0 Å². The normalized spacial score (nSPS) is 19.4. The van der Waals surface area contributed by atoms with Gasteiger partial charge in [-0.05, 0) is 60.9 Å². The van der Waals surface area contributed by atoms with Gasteiger partial charge >= 0.3 is 5.97 Å². The Morgan fingerprint density at radius 3 is 2.26 bits per heavy atom. The second-order valence-corrected chi connectivity index (χ2v) is 11.6. The van der Waals surface area contributed by atoms with Crippen LogP contribution in [0, 0.1) is 5.92 Å². The Hall–Kier alpha value is -3.26. The number of carbonyl (C=O) groups excluding carboxylic acids is 1. The van der Waals surface area contributed by atoms with E-state index in [1.807, 2.05) is 18.2 Å². The topological polar surface area (TPSA) is 81.7 Å². The second-order valence-electron chi connectivity index (χ2n) is 9.87. The van der Waals surface area contributed by atoms with Gasteiger partial charge in [0.25, 0.3) is 0 Å². The predicted octanol–water partition coefficient (Wildman–Crippen LogP) is 6.29. The molecule has 39 heavy (non-hydrogen) atoms. The van der Waals surface area contributed by atoms with Gasteiger partial charge in [-0.1, -0.05) is 84.9 Å². The average Bonchev–Trinajstić information content (AvgIpc) is 3.34. The van der Waals surface area contributed by atoms with Crippen LogP contribution < -0.4 is 4.72 Å². The molecule has 3 aromatic rings. The molecule has 3 atom stereocenters. The van der Waals surface area contributed by atoms with E-state index in [0.717, 1.165) is 30.4 Å². The van der Waals surface area contributed by atoms with Gasteiger partial charge in [0, 0.05) is 18.4 Å². The van der Waals surface area contributed by atoms with Gasteiger partial charge in [0.15, 0.2) is 0 Å². The van der Waals surface area contributed by atoms with E-state index in [4.69, 9.17) is 9.47 Å². The number of nitrogens with one attached hydrogen (secondary N) is 1. The van der Waals surface area contributed by atoms with Crippen molar-refractivity contribution in [1.29, 1.82) is 0 Å². The number of allylic oxidation sites excluding steroid dienone is 2. The minimum absolute atomic E-state index is 0.00364. The Morgan fingerprint density at radius 1 is 0.897 bits per heavy atom. The van der Waals surface area contributed by atoms with Gasteiger partial charge < -0.3 is 9.47 Å². The Balaban J connectivity index is 1.39. The summed E-state index contributed by atoms with van der Waals surface area (Å²) in [4.78, 5) is 11.6. The number of sulfonamides is 1. The summed E-state index contributed by atoms with van der Waals surface area (Å²) in [5.74, 6) is -0.205. The second kappa shape index (κ2) is 14.2. The Morgan fingerprint density at radius 2 is 1.56 bits per heavy atom. The van der Waals surface area contributed by atoms with E-state index in [2.05, 4.69) is 53.3 Å². The van der Waals surface area contributed by atoms with Gasteiger partial charge in [0.05, 0.1) is 24.7 Å². The van der Waals surface area contributed by atoms with Gasteiger partial charge in [0.2, 0.25) is 10.0 Å². The summed E-state index contributed by atoms with van der Waals surface area (Å²) < 4.78 is 40.2. The highest BCUT2D eigenvalue weighted by Crippen LogP contribution is 2.34. The molecule has 206 valence electrons. The van der Waals surface area contributed by atoms with E-state index in [-0.39, 0.29) is 28.9 Å². The van der Waals surface area contributed by atoms with Crippen LogP contribution in [-0.4, -0.2) is 33.6 Å². The maximum absolute atomic E-state index is 13.1. The third-order valence-electron chi connectivity index (χ3n) is 7.20. The molecule has 1 aliphatic rings. The molecule has 1 aliphatic carbocycles. The van der Waals surface area contributed by atoms with Crippen LogP contribution in [0.5, 0.6) is 0 Å². The molecule has 7 heteroatoms. The van der Waals surface area contributed by atoms with E-state index >= 15 is 0 Å². The first-order valence-electron chi connectivity index (χ1n) is 13.5. The molecular weight excluding hydrogens is 510 g/mol. The Labute approximate surface area is 232 Å². The Bertz CT molecular complexity index is 1310. The van der Waals surface area contributed by atoms with Crippen molar-refractivity contribution < 1.29 is 22.7 Å². The summed E-state index contributed by atoms with van der Waals surface area (Å²) in [6.45, 7) is 0.469. The highest BCUT2D eigenvalue weighted by atomic mass is 32.2. The van der Waals surface area contributed by atoms with E-state index in [1.54, 1.807) is 30.3 Å². The van der Waals surface area contributed by atoms with Crippen molar-refractivity contribution in [3.63, 3.8) is 0 Å². The third kappa shape index (κ3) is 8.36. The summed E-state index contributed by atoms with van der Waals surface area (Å²) in [5, 5.41) is 0. The summed E-state index contributed by atoms with van der Waals surface area (Å²) in [6.07, 6.45) is 8.14. The summed E-state index contributed by atoms with van der Waals surface area (Å²) in [6, 6.07) is 26.9. The fraction of sp³-hybridized carbons (Fsp3) is 0.344. The van der Waals surface area contributed by atoms with Crippen LogP contribution in [0.3, 0.4) is 0 Å². The minimum Gasteiger partial charge on any atom is -0.469 e. The number of unbranched alkanes of at least 4 members (excludes halogenated alkanes) is 1. The SMILES string of the molecule is COC(=O)CCCC=CC[C@@H]1[C@@H](NS(=O)(=O)c2ccccc2)CC[C@@H]1OCc1ccc(-c2ccccc2)cc1. The number of esters is 1. The zero-order chi connectivity index (χ0) is 27.5. The fourth-order valence-electron chi connectivity index (χ4n) is 5.03. The molecule has 6 nitrogen and oxygen atoms in total. The molecule has 0 amide bonds. The summed E-state index contributed by atoms with van der Waals surface area (Å²) in [7, 11) is -2.24. The van der Waals surface area contributed by atoms with E-state index in [0.29, 0.717) is 25.9 Å². The maximum Gasteiger partial charge on any atom is 0.305 e. The molecule has 1 saturated carbocycles. The molecular formula is C32H37NO5S. The van der Waals surface area contributed by atoms with Gasteiger partial charge in [-0.3, -0.25) is 4.79 Å². The number of hydrogen-bond donors (Lipinski definition) is 1. The molecule has 4 rings (SSSR count). The number of rotatable bonds is 13. The lowest BCUT2D eigenvalue weighted by molar-refractivity contribution is -0.140. The molecule has 1 N–H and O–H groups in total. The summed E-state index contributed by atoms with van der Waals surface area (Å²) in [5.41, 5.74) is 3.42. The van der Waals surface area contributed by atoms with Crippen molar-refractivity contribution in [2.24, 2.45) is 5.92 Å². The van der Waals surface area contributed by atoms with E-state index in [1.165, 1.54) is 12.7 Å². The lowest BCUT2D eigenvalue weighted by atomic mass is 9.97. The molecule has 0 bridgehead atoms. The molecule has 0 radical (unpaired) electrons.